The number of hydrogen-bond acceptors (Lipinski definition) is 5. The SMILES string of the molecule is CN(C)C1(C(N)=O)CN(C(=O)c2cccc(C3(C(F)(F)F)N=N3)c2)C1. The first-order valence-electron chi connectivity index (χ1n) is 7.41. The lowest BCUT2D eigenvalue weighted by molar-refractivity contribution is -0.166. The van der Waals surface area contributed by atoms with Crippen LogP contribution in [0.15, 0.2) is 34.5 Å². The van der Waals surface area contributed by atoms with Gasteiger partial charge in [0.05, 0.1) is 13.1 Å². The molecule has 2 aliphatic rings. The number of primary amides is 1. The minimum absolute atomic E-state index is 0.0789. The van der Waals surface area contributed by atoms with Gasteiger partial charge in [0, 0.05) is 11.1 Å². The molecule has 0 saturated carbocycles. The van der Waals surface area contributed by atoms with Crippen LogP contribution in [-0.4, -0.2) is 60.5 Å². The third-order valence-corrected chi connectivity index (χ3v) is 4.71. The maximum absolute atomic E-state index is 13.1. The van der Waals surface area contributed by atoms with Gasteiger partial charge in [-0.25, -0.2) is 0 Å². The Balaban J connectivity index is 1.80. The summed E-state index contributed by atoms with van der Waals surface area (Å²) < 4.78 is 39.3. The average molecular weight is 355 g/mol. The Morgan fingerprint density at radius 3 is 2.28 bits per heavy atom. The number of rotatable bonds is 4. The van der Waals surface area contributed by atoms with Gasteiger partial charge in [-0.05, 0) is 26.2 Å². The molecule has 0 aliphatic carbocycles. The topological polar surface area (TPSA) is 91.4 Å². The highest BCUT2D eigenvalue weighted by Gasteiger charge is 2.65. The Labute approximate surface area is 141 Å². The van der Waals surface area contributed by atoms with Crippen molar-refractivity contribution < 1.29 is 22.8 Å². The third-order valence-electron chi connectivity index (χ3n) is 4.71. The zero-order valence-corrected chi connectivity index (χ0v) is 13.5. The van der Waals surface area contributed by atoms with E-state index in [0.29, 0.717) is 0 Å². The van der Waals surface area contributed by atoms with Gasteiger partial charge in [0.15, 0.2) is 0 Å². The predicted molar refractivity (Wildman–Crippen MR) is 80.5 cm³/mol. The molecule has 0 unspecified atom stereocenters. The van der Waals surface area contributed by atoms with E-state index >= 15 is 0 Å². The number of likely N-dealkylation sites (N-methyl/N-ethyl adjacent to an activating group) is 1. The molecule has 1 aromatic carbocycles. The van der Waals surface area contributed by atoms with Gasteiger partial charge in [0.2, 0.25) is 5.91 Å². The summed E-state index contributed by atoms with van der Waals surface area (Å²) in [5.41, 5.74) is 1.75. The van der Waals surface area contributed by atoms with Crippen LogP contribution < -0.4 is 5.73 Å². The zero-order chi connectivity index (χ0) is 18.6. The van der Waals surface area contributed by atoms with Crippen LogP contribution in [0.2, 0.25) is 0 Å². The molecule has 0 spiro atoms. The Bertz CT molecular complexity index is 763. The molecule has 0 atom stereocenters. The lowest BCUT2D eigenvalue weighted by atomic mass is 9.86. The van der Waals surface area contributed by atoms with Gasteiger partial charge in [0.1, 0.15) is 5.54 Å². The second-order valence-electron chi connectivity index (χ2n) is 6.40. The monoisotopic (exact) mass is 355 g/mol. The van der Waals surface area contributed by atoms with Crippen molar-refractivity contribution in [1.29, 1.82) is 0 Å². The Kier molecular flexibility index (Phi) is 3.64. The summed E-state index contributed by atoms with van der Waals surface area (Å²) in [6.45, 7) is 0.162. The molecule has 0 aromatic heterocycles. The third kappa shape index (κ3) is 2.48. The van der Waals surface area contributed by atoms with Crippen LogP contribution in [0, 0.1) is 0 Å². The van der Waals surface area contributed by atoms with E-state index in [0.717, 1.165) is 6.07 Å². The van der Waals surface area contributed by atoms with Crippen LogP contribution in [0.3, 0.4) is 0 Å². The highest BCUT2D eigenvalue weighted by molar-refractivity contribution is 5.98. The van der Waals surface area contributed by atoms with E-state index in [1.54, 1.807) is 19.0 Å². The van der Waals surface area contributed by atoms with Crippen molar-refractivity contribution in [3.05, 3.63) is 35.4 Å². The fourth-order valence-corrected chi connectivity index (χ4v) is 2.88. The van der Waals surface area contributed by atoms with Crippen molar-refractivity contribution in [1.82, 2.24) is 9.80 Å². The highest BCUT2D eigenvalue weighted by atomic mass is 19.4. The van der Waals surface area contributed by atoms with Gasteiger partial charge >= 0.3 is 11.8 Å². The summed E-state index contributed by atoms with van der Waals surface area (Å²) in [7, 11) is 3.35. The normalized spacial score (nSPS) is 20.3. The van der Waals surface area contributed by atoms with E-state index in [1.165, 1.54) is 23.1 Å². The van der Waals surface area contributed by atoms with Gasteiger partial charge in [-0.2, -0.15) is 13.2 Å². The smallest absolute Gasteiger partial charge is 0.368 e. The number of amides is 2. The van der Waals surface area contributed by atoms with E-state index in [9.17, 15) is 22.8 Å². The van der Waals surface area contributed by atoms with E-state index in [2.05, 4.69) is 10.2 Å². The number of benzene rings is 1. The molecule has 2 amide bonds. The van der Waals surface area contributed by atoms with Crippen molar-refractivity contribution in [2.75, 3.05) is 27.2 Å². The number of likely N-dealkylation sites (tertiary alicyclic amines) is 1. The van der Waals surface area contributed by atoms with E-state index in [4.69, 9.17) is 5.73 Å². The maximum atomic E-state index is 13.1. The largest absolute Gasteiger partial charge is 0.442 e. The van der Waals surface area contributed by atoms with Crippen molar-refractivity contribution in [2.24, 2.45) is 16.0 Å². The maximum Gasteiger partial charge on any atom is 0.442 e. The molecular formula is C15H16F3N5O2. The quantitative estimate of drug-likeness (QED) is 0.877. The average Bonchev–Trinajstić information content (AvgIpc) is 3.26. The Morgan fingerprint density at radius 2 is 1.84 bits per heavy atom. The molecular weight excluding hydrogens is 339 g/mol. The predicted octanol–water partition coefficient (Wildman–Crippen LogP) is 1.11. The lowest BCUT2D eigenvalue weighted by Gasteiger charge is -2.51. The second-order valence-corrected chi connectivity index (χ2v) is 6.40. The van der Waals surface area contributed by atoms with Crippen molar-refractivity contribution in [3.63, 3.8) is 0 Å². The molecule has 2 aliphatic heterocycles. The Morgan fingerprint density at radius 1 is 1.24 bits per heavy atom. The molecule has 2 heterocycles. The molecule has 0 bridgehead atoms. The van der Waals surface area contributed by atoms with Gasteiger partial charge < -0.3 is 10.6 Å². The lowest BCUT2D eigenvalue weighted by Crippen LogP contribution is -2.75. The van der Waals surface area contributed by atoms with Crippen LogP contribution in [0.25, 0.3) is 0 Å². The van der Waals surface area contributed by atoms with E-state index in [-0.39, 0.29) is 24.2 Å². The Hall–Kier alpha value is -2.49. The van der Waals surface area contributed by atoms with Crippen LogP contribution in [0.4, 0.5) is 13.2 Å². The van der Waals surface area contributed by atoms with Gasteiger partial charge in [0.25, 0.3) is 5.91 Å². The van der Waals surface area contributed by atoms with E-state index in [1.807, 2.05) is 0 Å². The number of carbonyl (C=O) groups excluding carboxylic acids is 2. The zero-order valence-electron chi connectivity index (χ0n) is 13.5. The first-order chi connectivity index (χ1) is 11.5. The molecule has 1 fully saturated rings. The number of alkyl halides is 3. The summed E-state index contributed by atoms with van der Waals surface area (Å²) in [5.74, 6) is -1.03. The molecule has 1 saturated heterocycles. The number of carbonyl (C=O) groups is 2. The summed E-state index contributed by atoms with van der Waals surface area (Å²) in [4.78, 5) is 27.2. The molecule has 2 N–H and O–H groups in total. The van der Waals surface area contributed by atoms with Crippen LogP contribution in [0.5, 0.6) is 0 Å². The minimum Gasteiger partial charge on any atom is -0.368 e. The summed E-state index contributed by atoms with van der Waals surface area (Å²) in [6.07, 6.45) is -4.66. The summed E-state index contributed by atoms with van der Waals surface area (Å²) in [6, 6.07) is 5.13. The molecule has 1 aromatic rings. The number of nitrogens with two attached hydrogens (primary N) is 1. The van der Waals surface area contributed by atoms with Crippen LogP contribution in [0.1, 0.15) is 15.9 Å². The standard InChI is InChI=1S/C15H16F3N5O2/c1-22(2)13(12(19)25)7-23(8-13)11(24)9-4-3-5-10(6-9)14(20-21-14)15(16,17)18/h3-6H,7-8H2,1-2H3,(H2,19,25). The van der Waals surface area contributed by atoms with Gasteiger partial charge in [-0.3, -0.25) is 14.5 Å². The van der Waals surface area contributed by atoms with E-state index < -0.39 is 29.2 Å². The highest BCUT2D eigenvalue weighted by Crippen LogP contribution is 2.52. The molecule has 25 heavy (non-hydrogen) atoms. The summed E-state index contributed by atoms with van der Waals surface area (Å²) in [5, 5.41) is 6.26. The number of nitrogens with zero attached hydrogens (tertiary/aromatic N) is 4. The summed E-state index contributed by atoms with van der Waals surface area (Å²) >= 11 is 0. The van der Waals surface area contributed by atoms with Crippen LogP contribution >= 0.6 is 0 Å². The van der Waals surface area contributed by atoms with Crippen LogP contribution in [-0.2, 0) is 10.5 Å². The first-order valence-corrected chi connectivity index (χ1v) is 7.41. The fourth-order valence-electron chi connectivity index (χ4n) is 2.88. The molecule has 10 heteroatoms. The number of halogens is 3. The minimum atomic E-state index is -4.66. The first kappa shape index (κ1) is 17.3. The van der Waals surface area contributed by atoms with Crippen molar-refractivity contribution in [2.45, 2.75) is 17.4 Å². The molecule has 0 radical (unpaired) electrons. The van der Waals surface area contributed by atoms with Gasteiger partial charge in [-0.1, -0.05) is 12.1 Å². The molecule has 134 valence electrons. The molecule has 7 nitrogen and oxygen atoms in total. The second kappa shape index (κ2) is 5.25. The van der Waals surface area contributed by atoms with Crippen molar-refractivity contribution in [3.8, 4) is 0 Å². The number of hydrogen-bond donors (Lipinski definition) is 1. The van der Waals surface area contributed by atoms with Gasteiger partial charge in [-0.15, -0.1) is 10.2 Å². The molecule has 3 rings (SSSR count). The fraction of sp³-hybridized carbons (Fsp3) is 0.467. The van der Waals surface area contributed by atoms with Crippen molar-refractivity contribution >= 4 is 11.8 Å².